The summed E-state index contributed by atoms with van der Waals surface area (Å²) >= 11 is 0. The van der Waals surface area contributed by atoms with Gasteiger partial charge in [-0.15, -0.1) is 0 Å². The van der Waals surface area contributed by atoms with Crippen LogP contribution in [0.2, 0.25) is 0 Å². The fourth-order valence-corrected chi connectivity index (χ4v) is 4.43. The molecule has 1 fully saturated rings. The van der Waals surface area contributed by atoms with Crippen LogP contribution in [0.1, 0.15) is 66.0 Å². The molecule has 3 atom stereocenters. The summed E-state index contributed by atoms with van der Waals surface area (Å²) in [6, 6.07) is 13.2. The molecule has 1 saturated heterocycles. The number of ether oxygens (including phenoxy) is 2. The normalized spacial score (nSPS) is 26.8. The predicted octanol–water partition coefficient (Wildman–Crippen LogP) is 3.92. The molecule has 0 aliphatic carbocycles. The Hall–Kier alpha value is -1.72. The van der Waals surface area contributed by atoms with E-state index in [1.165, 1.54) is 22.3 Å². The highest BCUT2D eigenvalue weighted by Crippen LogP contribution is 2.46. The van der Waals surface area contributed by atoms with Gasteiger partial charge in [0.05, 0.1) is 25.4 Å². The maximum absolute atomic E-state index is 10.3. The van der Waals surface area contributed by atoms with E-state index in [4.69, 9.17) is 9.47 Å². The monoisotopic (exact) mass is 382 g/mol. The Balaban J connectivity index is 1.64. The molecule has 2 unspecified atom stereocenters. The van der Waals surface area contributed by atoms with Gasteiger partial charge in [-0.25, -0.2) is 0 Å². The number of aliphatic hydroxyl groups is 2. The van der Waals surface area contributed by atoms with Gasteiger partial charge in [0.15, 0.2) is 5.79 Å². The minimum atomic E-state index is -0.940. The van der Waals surface area contributed by atoms with Crippen molar-refractivity contribution in [1.82, 2.24) is 0 Å². The molecular weight excluding hydrogens is 352 g/mol. The minimum absolute atomic E-state index is 0.113. The third-order valence-corrected chi connectivity index (χ3v) is 6.07. The summed E-state index contributed by atoms with van der Waals surface area (Å²) in [4.78, 5) is 0. The van der Waals surface area contributed by atoms with Crippen molar-refractivity contribution in [3.05, 3.63) is 69.8 Å². The molecule has 0 radical (unpaired) electrons. The molecule has 2 aromatic carbocycles. The van der Waals surface area contributed by atoms with Crippen LogP contribution >= 0.6 is 0 Å². The maximum atomic E-state index is 10.3. The summed E-state index contributed by atoms with van der Waals surface area (Å²) in [6.45, 7) is 6.91. The highest BCUT2D eigenvalue weighted by Gasteiger charge is 2.48. The zero-order valence-corrected chi connectivity index (χ0v) is 16.9. The van der Waals surface area contributed by atoms with E-state index in [-0.39, 0.29) is 6.61 Å². The Morgan fingerprint density at radius 3 is 2.61 bits per heavy atom. The fourth-order valence-electron chi connectivity index (χ4n) is 4.43. The van der Waals surface area contributed by atoms with Crippen LogP contribution in [0.3, 0.4) is 0 Å². The van der Waals surface area contributed by atoms with Crippen LogP contribution in [0.15, 0.2) is 36.4 Å². The first-order chi connectivity index (χ1) is 13.4. The van der Waals surface area contributed by atoms with Crippen molar-refractivity contribution in [2.75, 3.05) is 6.61 Å². The average Bonchev–Trinajstić information content (AvgIpc) is 2.98. The first-order valence-electron chi connectivity index (χ1n) is 10.2. The van der Waals surface area contributed by atoms with Gasteiger partial charge in [-0.1, -0.05) is 44.2 Å². The lowest BCUT2D eigenvalue weighted by Crippen LogP contribution is -2.45. The molecule has 0 amide bonds. The predicted molar refractivity (Wildman–Crippen MR) is 108 cm³/mol. The molecule has 0 aromatic heterocycles. The lowest BCUT2D eigenvalue weighted by Gasteiger charge is -2.40. The van der Waals surface area contributed by atoms with Crippen LogP contribution in [-0.2, 0) is 28.3 Å². The van der Waals surface area contributed by atoms with Crippen LogP contribution in [0.5, 0.6) is 0 Å². The van der Waals surface area contributed by atoms with Crippen molar-refractivity contribution in [1.29, 1.82) is 0 Å². The smallest absolute Gasteiger partial charge is 0.198 e. The fraction of sp³-hybridized carbons (Fsp3) is 0.500. The summed E-state index contributed by atoms with van der Waals surface area (Å²) in [5, 5.41) is 19.9. The second-order valence-corrected chi connectivity index (χ2v) is 8.57. The third kappa shape index (κ3) is 3.62. The van der Waals surface area contributed by atoms with E-state index in [9.17, 15) is 10.2 Å². The molecule has 4 nitrogen and oxygen atoms in total. The van der Waals surface area contributed by atoms with Gasteiger partial charge in [-0.3, -0.25) is 0 Å². The molecule has 2 aliphatic heterocycles. The van der Waals surface area contributed by atoms with E-state index in [0.29, 0.717) is 25.4 Å². The summed E-state index contributed by atoms with van der Waals surface area (Å²) in [7, 11) is 0. The molecule has 0 saturated carbocycles. The van der Waals surface area contributed by atoms with Gasteiger partial charge in [0.25, 0.3) is 0 Å². The van der Waals surface area contributed by atoms with E-state index < -0.39 is 18.0 Å². The van der Waals surface area contributed by atoms with Crippen LogP contribution in [0.25, 0.3) is 0 Å². The maximum Gasteiger partial charge on any atom is 0.198 e. The Bertz CT molecular complexity index is 842. The van der Waals surface area contributed by atoms with Crippen LogP contribution < -0.4 is 0 Å². The summed E-state index contributed by atoms with van der Waals surface area (Å²) < 4.78 is 12.2. The zero-order valence-electron chi connectivity index (χ0n) is 16.9. The number of benzene rings is 2. The van der Waals surface area contributed by atoms with Crippen molar-refractivity contribution in [2.45, 2.75) is 70.6 Å². The van der Waals surface area contributed by atoms with E-state index in [1.54, 1.807) is 0 Å². The number of hydrogen-bond donors (Lipinski definition) is 2. The van der Waals surface area contributed by atoms with Gasteiger partial charge in [0.2, 0.25) is 0 Å². The summed E-state index contributed by atoms with van der Waals surface area (Å²) in [5.74, 6) is -0.410. The van der Waals surface area contributed by atoms with Gasteiger partial charge in [0.1, 0.15) is 0 Å². The molecule has 4 rings (SSSR count). The van der Waals surface area contributed by atoms with Gasteiger partial charge >= 0.3 is 0 Å². The Morgan fingerprint density at radius 1 is 1.18 bits per heavy atom. The van der Waals surface area contributed by atoms with Crippen LogP contribution in [-0.4, -0.2) is 29.0 Å². The quantitative estimate of drug-likeness (QED) is 0.841. The molecule has 1 spiro atoms. The number of aliphatic hydroxyl groups excluding tert-OH is 2. The highest BCUT2D eigenvalue weighted by atomic mass is 16.7. The molecular formula is C24H30O4. The van der Waals surface area contributed by atoms with Crippen LogP contribution in [0, 0.1) is 6.92 Å². The second kappa shape index (κ2) is 7.60. The minimum Gasteiger partial charge on any atom is -0.394 e. The molecule has 28 heavy (non-hydrogen) atoms. The Morgan fingerprint density at radius 2 is 1.93 bits per heavy atom. The molecule has 2 aromatic rings. The number of fused-ring (bicyclic) bond motifs is 2. The van der Waals surface area contributed by atoms with Crippen molar-refractivity contribution in [3.63, 3.8) is 0 Å². The highest BCUT2D eigenvalue weighted by molar-refractivity contribution is 5.44. The summed E-state index contributed by atoms with van der Waals surface area (Å²) in [6.07, 6.45) is 0.757. The zero-order chi connectivity index (χ0) is 19.9. The Labute approximate surface area is 167 Å². The topological polar surface area (TPSA) is 58.9 Å². The first-order valence-corrected chi connectivity index (χ1v) is 10.2. The molecule has 2 heterocycles. The van der Waals surface area contributed by atoms with Crippen molar-refractivity contribution < 1.29 is 19.7 Å². The summed E-state index contributed by atoms with van der Waals surface area (Å²) in [5.41, 5.74) is 7.22. The Kier molecular flexibility index (Phi) is 5.32. The van der Waals surface area contributed by atoms with E-state index in [0.717, 1.165) is 17.5 Å². The molecule has 150 valence electrons. The molecule has 2 aliphatic rings. The first kappa shape index (κ1) is 19.6. The van der Waals surface area contributed by atoms with Crippen molar-refractivity contribution in [3.8, 4) is 0 Å². The van der Waals surface area contributed by atoms with Gasteiger partial charge in [-0.05, 0) is 53.1 Å². The second-order valence-electron chi connectivity index (χ2n) is 8.57. The third-order valence-electron chi connectivity index (χ3n) is 6.07. The number of hydrogen-bond acceptors (Lipinski definition) is 4. The van der Waals surface area contributed by atoms with Gasteiger partial charge in [0, 0.05) is 18.4 Å². The lowest BCUT2D eigenvalue weighted by atomic mass is 9.88. The number of rotatable bonds is 4. The largest absolute Gasteiger partial charge is 0.394 e. The number of aryl methyl sites for hydroxylation is 1. The molecule has 4 heteroatoms. The lowest BCUT2D eigenvalue weighted by molar-refractivity contribution is -0.302. The SMILES string of the molecule is Cc1cc2c(cc1Cc1ccc(C(C)C)cc1)[C@]1(CC(O)CC(CO)O1)OC2. The molecule has 2 N–H and O–H groups in total. The van der Waals surface area contributed by atoms with E-state index in [1.807, 2.05) is 0 Å². The van der Waals surface area contributed by atoms with Gasteiger partial charge in [-0.2, -0.15) is 0 Å². The van der Waals surface area contributed by atoms with Crippen molar-refractivity contribution >= 4 is 0 Å². The molecule has 0 bridgehead atoms. The average molecular weight is 383 g/mol. The van der Waals surface area contributed by atoms with Crippen molar-refractivity contribution in [2.24, 2.45) is 0 Å². The standard InChI is InChI=1S/C24H30O4/c1-15(2)18-6-4-17(5-7-18)9-19-10-23-20(8-16(19)3)14-27-24(23)12-21(26)11-22(13-25)28-24/h4-8,10,15,21-22,25-26H,9,11-14H2,1-3H3/t21?,22?,24-/m1/s1. The van der Waals surface area contributed by atoms with Gasteiger partial charge < -0.3 is 19.7 Å². The van der Waals surface area contributed by atoms with E-state index in [2.05, 4.69) is 57.2 Å². The van der Waals surface area contributed by atoms with E-state index >= 15 is 0 Å². The van der Waals surface area contributed by atoms with Crippen LogP contribution in [0.4, 0.5) is 0 Å².